The Kier molecular flexibility index (Phi) is 8.90. The minimum absolute atomic E-state index is 0.0943. The topological polar surface area (TPSA) is 9.23 Å². The summed E-state index contributed by atoms with van der Waals surface area (Å²) in [5.74, 6) is 0. The van der Waals surface area contributed by atoms with Crippen LogP contribution >= 0.6 is 0 Å². The average molecular weight is 435 g/mol. The fraction of sp³-hybridized carbons (Fsp3) is 0.250. The van der Waals surface area contributed by atoms with Crippen LogP contribution in [-0.2, 0) is 17.6 Å². The molecule has 0 bridgehead atoms. The molecule has 4 aromatic carbocycles. The molecular weight excluding hydrogens is 400 g/mol. The number of benzene rings is 4. The summed E-state index contributed by atoms with van der Waals surface area (Å²) >= 11 is 0. The minimum atomic E-state index is 0.0943. The number of rotatable bonds is 12. The van der Waals surface area contributed by atoms with Crippen LogP contribution in [0.25, 0.3) is 0 Å². The van der Waals surface area contributed by atoms with E-state index in [0.29, 0.717) is 0 Å². The molecule has 1 nitrogen and oxygen atoms in total. The third-order valence-electron chi connectivity index (χ3n) is 6.22. The molecule has 0 saturated carbocycles. The van der Waals surface area contributed by atoms with Crippen LogP contribution < -0.4 is 0 Å². The zero-order valence-electron chi connectivity index (χ0n) is 19.4. The molecule has 0 radical (unpaired) electrons. The van der Waals surface area contributed by atoms with Crippen molar-refractivity contribution in [2.24, 2.45) is 0 Å². The quantitative estimate of drug-likeness (QED) is 0.217. The lowest BCUT2D eigenvalue weighted by atomic mass is 9.98. The first-order chi connectivity index (χ1) is 16.4. The summed E-state index contributed by atoms with van der Waals surface area (Å²) in [5, 5.41) is 0. The van der Waals surface area contributed by atoms with Gasteiger partial charge in [-0.3, -0.25) is 0 Å². The van der Waals surface area contributed by atoms with Gasteiger partial charge >= 0.3 is 0 Å². The predicted octanol–water partition coefficient (Wildman–Crippen LogP) is 8.53. The van der Waals surface area contributed by atoms with Crippen LogP contribution in [0.3, 0.4) is 0 Å². The third kappa shape index (κ3) is 7.44. The van der Waals surface area contributed by atoms with E-state index in [1.165, 1.54) is 22.3 Å². The number of aryl methyl sites for hydroxylation is 2. The van der Waals surface area contributed by atoms with Crippen molar-refractivity contribution in [3.05, 3.63) is 144 Å². The first kappa shape index (κ1) is 23.0. The Bertz CT molecular complexity index is 942. The molecule has 4 rings (SSSR count). The number of hydrogen-bond acceptors (Lipinski definition) is 1. The molecule has 0 aliphatic rings. The largest absolute Gasteiger partial charge is 0.366 e. The van der Waals surface area contributed by atoms with Gasteiger partial charge in [0.15, 0.2) is 0 Å². The Hall–Kier alpha value is -3.16. The van der Waals surface area contributed by atoms with Gasteiger partial charge in [0.1, 0.15) is 0 Å². The van der Waals surface area contributed by atoms with Gasteiger partial charge < -0.3 is 4.74 Å². The number of ether oxygens (including phenoxy) is 1. The minimum Gasteiger partial charge on any atom is -0.366 e. The molecule has 4 aromatic rings. The van der Waals surface area contributed by atoms with E-state index in [9.17, 15) is 0 Å². The molecule has 2 atom stereocenters. The second-order valence-corrected chi connectivity index (χ2v) is 8.69. The molecule has 0 aromatic heterocycles. The van der Waals surface area contributed by atoms with Crippen LogP contribution in [0.15, 0.2) is 121 Å². The van der Waals surface area contributed by atoms with Crippen molar-refractivity contribution < 1.29 is 4.74 Å². The van der Waals surface area contributed by atoms with Crippen molar-refractivity contribution in [1.82, 2.24) is 0 Å². The van der Waals surface area contributed by atoms with Crippen LogP contribution in [0.5, 0.6) is 0 Å². The highest BCUT2D eigenvalue weighted by Gasteiger charge is 2.20. The Morgan fingerprint density at radius 3 is 1.12 bits per heavy atom. The van der Waals surface area contributed by atoms with Crippen LogP contribution in [0, 0.1) is 0 Å². The lowest BCUT2D eigenvalue weighted by Crippen LogP contribution is -2.12. The van der Waals surface area contributed by atoms with Crippen molar-refractivity contribution in [3.63, 3.8) is 0 Å². The van der Waals surface area contributed by atoms with E-state index in [4.69, 9.17) is 4.74 Å². The summed E-state index contributed by atoms with van der Waals surface area (Å²) in [6.45, 7) is 0. The van der Waals surface area contributed by atoms with E-state index in [-0.39, 0.29) is 12.2 Å². The molecular formula is C32H34O. The maximum atomic E-state index is 6.90. The van der Waals surface area contributed by atoms with Crippen molar-refractivity contribution in [2.45, 2.75) is 50.7 Å². The Morgan fingerprint density at radius 1 is 0.424 bits per heavy atom. The maximum absolute atomic E-state index is 6.90. The first-order valence-corrected chi connectivity index (χ1v) is 12.2. The fourth-order valence-corrected chi connectivity index (χ4v) is 4.43. The molecule has 0 saturated heterocycles. The number of hydrogen-bond donors (Lipinski definition) is 0. The molecule has 0 spiro atoms. The normalized spacial score (nSPS) is 12.8. The van der Waals surface area contributed by atoms with E-state index in [2.05, 4.69) is 121 Å². The van der Waals surface area contributed by atoms with Gasteiger partial charge in [0.25, 0.3) is 0 Å². The predicted molar refractivity (Wildman–Crippen MR) is 138 cm³/mol. The molecule has 0 aliphatic heterocycles. The van der Waals surface area contributed by atoms with E-state index >= 15 is 0 Å². The highest BCUT2D eigenvalue weighted by atomic mass is 16.5. The second-order valence-electron chi connectivity index (χ2n) is 8.69. The van der Waals surface area contributed by atoms with E-state index in [1.54, 1.807) is 0 Å². The average Bonchev–Trinajstić information content (AvgIpc) is 2.89. The van der Waals surface area contributed by atoms with Crippen molar-refractivity contribution in [1.29, 1.82) is 0 Å². The van der Waals surface area contributed by atoms with Gasteiger partial charge in [0.05, 0.1) is 12.2 Å². The SMILES string of the molecule is c1ccc(CCCC(OC(CCCc2ccccc2)c2ccccc2)c2ccccc2)cc1. The van der Waals surface area contributed by atoms with Gasteiger partial charge in [-0.05, 0) is 60.8 Å². The monoisotopic (exact) mass is 434 g/mol. The van der Waals surface area contributed by atoms with Gasteiger partial charge in [-0.25, -0.2) is 0 Å². The third-order valence-corrected chi connectivity index (χ3v) is 6.22. The van der Waals surface area contributed by atoms with Crippen LogP contribution in [0.2, 0.25) is 0 Å². The summed E-state index contributed by atoms with van der Waals surface area (Å²) in [6, 6.07) is 43.0. The molecule has 0 N–H and O–H groups in total. The van der Waals surface area contributed by atoms with Crippen LogP contribution in [0.4, 0.5) is 0 Å². The molecule has 0 fully saturated rings. The Morgan fingerprint density at radius 2 is 0.758 bits per heavy atom. The Balaban J connectivity index is 1.45. The van der Waals surface area contributed by atoms with Crippen molar-refractivity contribution in [3.8, 4) is 0 Å². The molecule has 0 aliphatic carbocycles. The lowest BCUT2D eigenvalue weighted by molar-refractivity contribution is -0.0257. The zero-order valence-corrected chi connectivity index (χ0v) is 19.4. The fourth-order valence-electron chi connectivity index (χ4n) is 4.43. The highest BCUT2D eigenvalue weighted by molar-refractivity contribution is 5.21. The van der Waals surface area contributed by atoms with Gasteiger partial charge in [-0.2, -0.15) is 0 Å². The van der Waals surface area contributed by atoms with E-state index in [1.807, 2.05) is 0 Å². The van der Waals surface area contributed by atoms with Gasteiger partial charge in [0, 0.05) is 0 Å². The van der Waals surface area contributed by atoms with E-state index < -0.39 is 0 Å². The highest BCUT2D eigenvalue weighted by Crippen LogP contribution is 2.33. The van der Waals surface area contributed by atoms with Crippen LogP contribution in [-0.4, -0.2) is 0 Å². The van der Waals surface area contributed by atoms with E-state index in [0.717, 1.165) is 38.5 Å². The first-order valence-electron chi connectivity index (χ1n) is 12.2. The molecule has 33 heavy (non-hydrogen) atoms. The summed E-state index contributed by atoms with van der Waals surface area (Å²) < 4.78 is 6.90. The molecule has 168 valence electrons. The smallest absolute Gasteiger partial charge is 0.0833 e. The van der Waals surface area contributed by atoms with Gasteiger partial charge in [-0.1, -0.05) is 121 Å². The molecule has 0 heterocycles. The van der Waals surface area contributed by atoms with Gasteiger partial charge in [0.2, 0.25) is 0 Å². The summed E-state index contributed by atoms with van der Waals surface area (Å²) in [5.41, 5.74) is 5.34. The summed E-state index contributed by atoms with van der Waals surface area (Å²) in [7, 11) is 0. The summed E-state index contributed by atoms with van der Waals surface area (Å²) in [4.78, 5) is 0. The molecule has 0 amide bonds. The maximum Gasteiger partial charge on any atom is 0.0833 e. The van der Waals surface area contributed by atoms with Crippen molar-refractivity contribution in [2.75, 3.05) is 0 Å². The second kappa shape index (κ2) is 12.8. The summed E-state index contributed by atoms with van der Waals surface area (Å²) in [6.07, 6.45) is 6.59. The standard InChI is InChI=1S/C32H34O/c1-5-15-27(16-6-1)19-13-25-31(29-21-9-3-10-22-29)33-32(30-23-11-4-12-24-30)26-14-20-28-17-7-2-8-18-28/h1-12,15-18,21-24,31-32H,13-14,19-20,25-26H2. The molecule has 2 unspecified atom stereocenters. The lowest BCUT2D eigenvalue weighted by Gasteiger charge is -2.26. The van der Waals surface area contributed by atoms with Crippen LogP contribution in [0.1, 0.15) is 60.1 Å². The van der Waals surface area contributed by atoms with Crippen molar-refractivity contribution >= 4 is 0 Å². The molecule has 1 heteroatoms. The Labute approximate surface area is 199 Å². The van der Waals surface area contributed by atoms with Gasteiger partial charge in [-0.15, -0.1) is 0 Å². The zero-order chi connectivity index (χ0) is 22.6.